The molecule has 0 saturated heterocycles. The Balaban J connectivity index is 1.39. The van der Waals surface area contributed by atoms with Crippen LogP contribution in [-0.4, -0.2) is 25.5 Å². The van der Waals surface area contributed by atoms with E-state index in [1.807, 2.05) is 108 Å². The Hall–Kier alpha value is -4.45. The van der Waals surface area contributed by atoms with Crippen LogP contribution in [0.4, 0.5) is 0 Å². The summed E-state index contributed by atoms with van der Waals surface area (Å²) in [5, 5.41) is 12.6. The summed E-state index contributed by atoms with van der Waals surface area (Å²) in [6.07, 6.45) is 1.98. The molecule has 5 aromatic rings. The molecule has 0 radical (unpaired) electrons. The van der Waals surface area contributed by atoms with Crippen molar-refractivity contribution in [3.05, 3.63) is 125 Å². The fourth-order valence-electron chi connectivity index (χ4n) is 4.29. The quantitative estimate of drug-likeness (QED) is 0.356. The molecule has 3 aromatic carbocycles. The van der Waals surface area contributed by atoms with Gasteiger partial charge in [0, 0.05) is 29.6 Å². The van der Waals surface area contributed by atoms with E-state index in [1.54, 1.807) is 0 Å². The first kappa shape index (κ1) is 22.3. The van der Waals surface area contributed by atoms with Gasteiger partial charge in [0.25, 0.3) is 5.91 Å². The number of hydrogen-bond donors (Lipinski definition) is 1. The largest absolute Gasteiger partial charge is 0.348 e. The van der Waals surface area contributed by atoms with E-state index in [4.69, 9.17) is 5.10 Å². The second-order valence-corrected chi connectivity index (χ2v) is 8.52. The van der Waals surface area contributed by atoms with Gasteiger partial charge in [0.2, 0.25) is 0 Å². The van der Waals surface area contributed by atoms with Crippen LogP contribution in [-0.2, 0) is 13.1 Å². The Bertz CT molecular complexity index is 1440. The van der Waals surface area contributed by atoms with E-state index in [-0.39, 0.29) is 5.91 Å². The van der Waals surface area contributed by atoms with E-state index in [0.717, 1.165) is 39.5 Å². The van der Waals surface area contributed by atoms with Gasteiger partial charge in [-0.25, -0.2) is 4.68 Å². The lowest BCUT2D eigenvalue weighted by atomic mass is 10.1. The number of nitrogens with one attached hydrogen (secondary N) is 1. The summed E-state index contributed by atoms with van der Waals surface area (Å²) in [6.45, 7) is 4.81. The highest BCUT2D eigenvalue weighted by molar-refractivity contribution is 5.96. The summed E-state index contributed by atoms with van der Waals surface area (Å²) >= 11 is 0. The van der Waals surface area contributed by atoms with Crippen LogP contribution in [0.1, 0.15) is 32.9 Å². The topological polar surface area (TPSA) is 64.7 Å². The molecule has 35 heavy (non-hydrogen) atoms. The number of rotatable bonds is 7. The smallest absolute Gasteiger partial charge is 0.255 e. The van der Waals surface area contributed by atoms with Crippen LogP contribution < -0.4 is 5.32 Å². The number of benzene rings is 3. The molecule has 5 rings (SSSR count). The lowest BCUT2D eigenvalue weighted by Crippen LogP contribution is -2.24. The van der Waals surface area contributed by atoms with Crippen LogP contribution in [0.3, 0.4) is 0 Å². The second kappa shape index (κ2) is 9.81. The number of aromatic nitrogens is 4. The number of amides is 1. The molecule has 0 aliphatic rings. The maximum Gasteiger partial charge on any atom is 0.255 e. The molecule has 1 amide bonds. The maximum atomic E-state index is 13.3. The van der Waals surface area contributed by atoms with Crippen molar-refractivity contribution in [2.45, 2.75) is 26.9 Å². The first-order valence-electron chi connectivity index (χ1n) is 11.7. The molecule has 0 atom stereocenters. The average molecular weight is 462 g/mol. The van der Waals surface area contributed by atoms with Gasteiger partial charge in [-0.2, -0.15) is 10.2 Å². The molecule has 0 aliphatic carbocycles. The SMILES string of the molecule is Cc1nn(Cc2ccccc2)c(C)c1C(=O)NCc1cn(-c2ccccc2)nc1-c1ccccc1. The zero-order valence-electron chi connectivity index (χ0n) is 19.8. The third-order valence-electron chi connectivity index (χ3n) is 6.08. The molecule has 0 saturated carbocycles. The van der Waals surface area contributed by atoms with Gasteiger partial charge < -0.3 is 5.32 Å². The summed E-state index contributed by atoms with van der Waals surface area (Å²) in [5.74, 6) is -0.134. The molecule has 2 heterocycles. The Morgan fingerprint density at radius 3 is 2.14 bits per heavy atom. The summed E-state index contributed by atoms with van der Waals surface area (Å²) in [7, 11) is 0. The lowest BCUT2D eigenvalue weighted by Gasteiger charge is -2.07. The maximum absolute atomic E-state index is 13.3. The molecule has 6 nitrogen and oxygen atoms in total. The van der Waals surface area contributed by atoms with E-state index in [9.17, 15) is 4.79 Å². The molecule has 0 unspecified atom stereocenters. The summed E-state index contributed by atoms with van der Waals surface area (Å²) in [4.78, 5) is 13.3. The van der Waals surface area contributed by atoms with Crippen molar-refractivity contribution < 1.29 is 4.79 Å². The van der Waals surface area contributed by atoms with Crippen molar-refractivity contribution in [2.24, 2.45) is 0 Å². The fourth-order valence-corrected chi connectivity index (χ4v) is 4.29. The van der Waals surface area contributed by atoms with Crippen molar-refractivity contribution in [1.29, 1.82) is 0 Å². The highest BCUT2D eigenvalue weighted by atomic mass is 16.1. The van der Waals surface area contributed by atoms with E-state index in [1.165, 1.54) is 0 Å². The van der Waals surface area contributed by atoms with Crippen LogP contribution >= 0.6 is 0 Å². The fraction of sp³-hybridized carbons (Fsp3) is 0.138. The monoisotopic (exact) mass is 461 g/mol. The number of carbonyl (C=O) groups is 1. The standard InChI is InChI=1S/C29H27N5O/c1-21-27(22(2)33(31-21)19-23-12-6-3-7-13-23)29(35)30-18-25-20-34(26-16-10-5-11-17-26)32-28(25)24-14-8-4-9-15-24/h3-17,20H,18-19H2,1-2H3,(H,30,35). The van der Waals surface area contributed by atoms with E-state index in [0.29, 0.717) is 18.7 Å². The molecule has 0 bridgehead atoms. The number of nitrogens with zero attached hydrogens (tertiary/aromatic N) is 4. The molecule has 0 spiro atoms. The Morgan fingerprint density at radius 1 is 0.829 bits per heavy atom. The molecule has 174 valence electrons. The highest BCUT2D eigenvalue weighted by Gasteiger charge is 2.20. The normalized spacial score (nSPS) is 10.9. The van der Waals surface area contributed by atoms with Crippen molar-refractivity contribution in [3.63, 3.8) is 0 Å². The number of aryl methyl sites for hydroxylation is 1. The van der Waals surface area contributed by atoms with Gasteiger partial charge in [-0.15, -0.1) is 0 Å². The van der Waals surface area contributed by atoms with Gasteiger partial charge in [0.05, 0.1) is 29.2 Å². The van der Waals surface area contributed by atoms with Gasteiger partial charge in [-0.05, 0) is 31.5 Å². The molecule has 6 heteroatoms. The van der Waals surface area contributed by atoms with Crippen LogP contribution in [0.15, 0.2) is 97.2 Å². The minimum atomic E-state index is -0.134. The summed E-state index contributed by atoms with van der Waals surface area (Å²) in [6, 6.07) is 30.1. The van der Waals surface area contributed by atoms with E-state index >= 15 is 0 Å². The van der Waals surface area contributed by atoms with Crippen LogP contribution in [0.25, 0.3) is 16.9 Å². The molecule has 2 aromatic heterocycles. The minimum absolute atomic E-state index is 0.134. The molecule has 0 aliphatic heterocycles. The predicted molar refractivity (Wildman–Crippen MR) is 137 cm³/mol. The van der Waals surface area contributed by atoms with Gasteiger partial charge in [0.1, 0.15) is 0 Å². The van der Waals surface area contributed by atoms with Gasteiger partial charge >= 0.3 is 0 Å². The number of para-hydroxylation sites is 1. The zero-order valence-corrected chi connectivity index (χ0v) is 19.8. The third kappa shape index (κ3) is 4.77. The summed E-state index contributed by atoms with van der Waals surface area (Å²) < 4.78 is 3.75. The van der Waals surface area contributed by atoms with Crippen LogP contribution in [0.5, 0.6) is 0 Å². The van der Waals surface area contributed by atoms with Gasteiger partial charge in [-0.1, -0.05) is 78.9 Å². The zero-order chi connectivity index (χ0) is 24.2. The molecular weight excluding hydrogens is 434 g/mol. The van der Waals surface area contributed by atoms with Crippen LogP contribution in [0, 0.1) is 13.8 Å². The third-order valence-corrected chi connectivity index (χ3v) is 6.08. The van der Waals surface area contributed by atoms with Crippen molar-refractivity contribution >= 4 is 5.91 Å². The molecule has 1 N–H and O–H groups in total. The van der Waals surface area contributed by atoms with Gasteiger partial charge in [-0.3, -0.25) is 9.48 Å². The first-order chi connectivity index (χ1) is 17.1. The number of hydrogen-bond acceptors (Lipinski definition) is 3. The van der Waals surface area contributed by atoms with E-state index in [2.05, 4.69) is 22.5 Å². The Morgan fingerprint density at radius 2 is 1.46 bits per heavy atom. The average Bonchev–Trinajstić information content (AvgIpc) is 3.45. The van der Waals surface area contributed by atoms with Crippen molar-refractivity contribution in [1.82, 2.24) is 24.9 Å². The van der Waals surface area contributed by atoms with Crippen molar-refractivity contribution in [3.8, 4) is 16.9 Å². The number of carbonyl (C=O) groups excluding carboxylic acids is 1. The van der Waals surface area contributed by atoms with Crippen molar-refractivity contribution in [2.75, 3.05) is 0 Å². The van der Waals surface area contributed by atoms with E-state index < -0.39 is 0 Å². The summed E-state index contributed by atoms with van der Waals surface area (Å²) in [5.41, 5.74) is 7.11. The lowest BCUT2D eigenvalue weighted by molar-refractivity contribution is 0.0949. The molecule has 0 fully saturated rings. The first-order valence-corrected chi connectivity index (χ1v) is 11.7. The minimum Gasteiger partial charge on any atom is -0.348 e. The highest BCUT2D eigenvalue weighted by Crippen LogP contribution is 2.24. The van der Waals surface area contributed by atoms with Crippen LogP contribution in [0.2, 0.25) is 0 Å². The predicted octanol–water partition coefficient (Wildman–Crippen LogP) is 5.33. The Kier molecular flexibility index (Phi) is 6.26. The molecular formula is C29H27N5O. The van der Waals surface area contributed by atoms with Gasteiger partial charge in [0.15, 0.2) is 0 Å². The second-order valence-electron chi connectivity index (χ2n) is 8.52. The Labute approximate surface area is 204 Å².